The van der Waals surface area contributed by atoms with Crippen molar-refractivity contribution in [3.63, 3.8) is 0 Å². The number of carbonyl (C=O) groups is 4. The van der Waals surface area contributed by atoms with Crippen molar-refractivity contribution in [2.75, 3.05) is 0 Å². The lowest BCUT2D eigenvalue weighted by atomic mass is 9.38. The summed E-state index contributed by atoms with van der Waals surface area (Å²) in [5.41, 5.74) is -5.33. The predicted molar refractivity (Wildman–Crippen MR) is 148 cm³/mol. The summed E-state index contributed by atoms with van der Waals surface area (Å²) < 4.78 is 5.23. The average molecular weight is 559 g/mol. The smallest absolute Gasteiger partial charge is 0.303 e. The van der Waals surface area contributed by atoms with Crippen LogP contribution in [0, 0.1) is 39.4 Å². The Kier molecular flexibility index (Phi) is 7.06. The van der Waals surface area contributed by atoms with E-state index in [-0.39, 0.29) is 36.2 Å². The van der Waals surface area contributed by atoms with Gasteiger partial charge in [-0.3, -0.25) is 19.2 Å². The minimum absolute atomic E-state index is 0.0399. The molecule has 0 aromatic rings. The minimum Gasteiger partial charge on any atom is -0.456 e. The summed E-state index contributed by atoms with van der Waals surface area (Å²) in [4.78, 5) is 52.1. The molecule has 0 radical (unpaired) electrons. The average Bonchev–Trinajstić information content (AvgIpc) is 3.01. The summed E-state index contributed by atoms with van der Waals surface area (Å²) in [5.74, 6) is -2.96. The Morgan fingerprint density at radius 1 is 1.05 bits per heavy atom. The van der Waals surface area contributed by atoms with Crippen molar-refractivity contribution in [2.45, 2.75) is 111 Å². The van der Waals surface area contributed by atoms with Gasteiger partial charge in [0, 0.05) is 36.5 Å². The zero-order valence-electron chi connectivity index (χ0n) is 25.3. The predicted octanol–water partition coefficient (Wildman–Crippen LogP) is 3.50. The third-order valence-electron chi connectivity index (χ3n) is 11.6. The molecule has 3 fully saturated rings. The van der Waals surface area contributed by atoms with Gasteiger partial charge in [-0.05, 0) is 68.4 Å². The van der Waals surface area contributed by atoms with Crippen molar-refractivity contribution in [2.24, 2.45) is 39.4 Å². The highest BCUT2D eigenvalue weighted by Gasteiger charge is 2.74. The SMILES string of the molecule is CC(=O)OC(C)(C)/C=C/C(=O)[C@@](C)(O)[C@@H]1[C@@H](O)C[C@]2(C)[C@H]3CC=C4[C@H](CC(=O)[C@H](O)C4(C)C)[C@@]3(C)C(=O)C[C@@]12C. The first-order valence-corrected chi connectivity index (χ1v) is 14.4. The van der Waals surface area contributed by atoms with Crippen LogP contribution in [0.15, 0.2) is 23.8 Å². The van der Waals surface area contributed by atoms with Crippen LogP contribution in [0.2, 0.25) is 0 Å². The molecule has 40 heavy (non-hydrogen) atoms. The number of aliphatic hydroxyl groups is 3. The number of ether oxygens (including phenoxy) is 1. The maximum atomic E-state index is 14.3. The monoisotopic (exact) mass is 558 g/mol. The number of allylic oxidation sites excluding steroid dienone is 1. The largest absolute Gasteiger partial charge is 0.456 e. The summed E-state index contributed by atoms with van der Waals surface area (Å²) in [6.07, 6.45) is 3.50. The molecule has 8 nitrogen and oxygen atoms in total. The van der Waals surface area contributed by atoms with Gasteiger partial charge in [-0.1, -0.05) is 46.3 Å². The molecule has 3 saturated carbocycles. The molecule has 9 atom stereocenters. The van der Waals surface area contributed by atoms with Crippen molar-refractivity contribution in [3.05, 3.63) is 23.8 Å². The molecule has 0 aromatic carbocycles. The minimum atomic E-state index is -1.99. The number of hydrogen-bond acceptors (Lipinski definition) is 8. The number of aliphatic hydroxyl groups excluding tert-OH is 2. The molecule has 0 bridgehead atoms. The van der Waals surface area contributed by atoms with Crippen LogP contribution in [-0.4, -0.2) is 62.0 Å². The number of ketones is 3. The van der Waals surface area contributed by atoms with E-state index < -0.39 is 62.7 Å². The van der Waals surface area contributed by atoms with Crippen LogP contribution in [-0.2, 0) is 23.9 Å². The quantitative estimate of drug-likeness (QED) is 0.265. The maximum Gasteiger partial charge on any atom is 0.303 e. The summed E-state index contributed by atoms with van der Waals surface area (Å²) in [7, 11) is 0. The molecule has 0 spiro atoms. The third-order valence-corrected chi connectivity index (χ3v) is 11.6. The molecule has 8 heteroatoms. The Morgan fingerprint density at radius 2 is 1.65 bits per heavy atom. The van der Waals surface area contributed by atoms with E-state index in [0.717, 1.165) is 5.57 Å². The van der Waals surface area contributed by atoms with Crippen LogP contribution in [0.25, 0.3) is 0 Å². The molecule has 0 amide bonds. The maximum absolute atomic E-state index is 14.3. The zero-order chi connectivity index (χ0) is 30.4. The van der Waals surface area contributed by atoms with E-state index >= 15 is 0 Å². The molecule has 0 heterocycles. The van der Waals surface area contributed by atoms with Gasteiger partial charge in [0.1, 0.15) is 23.1 Å². The van der Waals surface area contributed by atoms with Crippen molar-refractivity contribution < 1.29 is 39.2 Å². The second kappa shape index (κ2) is 9.17. The van der Waals surface area contributed by atoms with E-state index in [1.54, 1.807) is 13.8 Å². The number of esters is 1. The van der Waals surface area contributed by atoms with Crippen molar-refractivity contribution in [1.29, 1.82) is 0 Å². The van der Waals surface area contributed by atoms with Gasteiger partial charge in [-0.25, -0.2) is 0 Å². The summed E-state index contributed by atoms with van der Waals surface area (Å²) in [6.45, 7) is 15.5. The Hall–Kier alpha value is -2.16. The highest BCUT2D eigenvalue weighted by molar-refractivity contribution is 5.97. The molecular formula is C32H46O8. The van der Waals surface area contributed by atoms with Gasteiger partial charge in [0.05, 0.1) is 6.10 Å². The fourth-order valence-corrected chi connectivity index (χ4v) is 9.35. The van der Waals surface area contributed by atoms with Crippen LogP contribution in [0.5, 0.6) is 0 Å². The van der Waals surface area contributed by atoms with E-state index in [9.17, 15) is 34.5 Å². The summed E-state index contributed by atoms with van der Waals surface area (Å²) in [5, 5.41) is 33.9. The van der Waals surface area contributed by atoms with Gasteiger partial charge in [0.15, 0.2) is 11.6 Å². The Bertz CT molecular complexity index is 1210. The Morgan fingerprint density at radius 3 is 2.23 bits per heavy atom. The first kappa shape index (κ1) is 30.8. The van der Waals surface area contributed by atoms with Crippen LogP contribution in [0.3, 0.4) is 0 Å². The van der Waals surface area contributed by atoms with Crippen molar-refractivity contribution in [1.82, 2.24) is 0 Å². The first-order chi connectivity index (χ1) is 18.1. The van der Waals surface area contributed by atoms with Gasteiger partial charge in [0.2, 0.25) is 0 Å². The van der Waals surface area contributed by atoms with E-state index in [0.29, 0.717) is 12.8 Å². The molecule has 222 valence electrons. The van der Waals surface area contributed by atoms with Gasteiger partial charge < -0.3 is 20.1 Å². The molecule has 4 aliphatic carbocycles. The highest BCUT2D eigenvalue weighted by Crippen LogP contribution is 2.74. The molecule has 0 aliphatic heterocycles. The summed E-state index contributed by atoms with van der Waals surface area (Å²) >= 11 is 0. The summed E-state index contributed by atoms with van der Waals surface area (Å²) in [6, 6.07) is 0. The normalized spacial score (nSPS) is 42.4. The van der Waals surface area contributed by atoms with Gasteiger partial charge in [-0.15, -0.1) is 0 Å². The second-order valence-corrected chi connectivity index (χ2v) is 14.8. The van der Waals surface area contributed by atoms with Crippen molar-refractivity contribution >= 4 is 23.3 Å². The molecule has 0 saturated heterocycles. The lowest BCUT2D eigenvalue weighted by Crippen LogP contribution is -2.65. The number of hydrogen-bond donors (Lipinski definition) is 3. The number of rotatable bonds is 5. The molecule has 4 rings (SSSR count). The fourth-order valence-electron chi connectivity index (χ4n) is 9.35. The topological polar surface area (TPSA) is 138 Å². The van der Waals surface area contributed by atoms with Gasteiger partial charge in [-0.2, -0.15) is 0 Å². The Labute approximate surface area is 237 Å². The lowest BCUT2D eigenvalue weighted by molar-refractivity contribution is -0.183. The third kappa shape index (κ3) is 4.11. The lowest BCUT2D eigenvalue weighted by Gasteiger charge is -2.64. The van der Waals surface area contributed by atoms with E-state index in [1.807, 2.05) is 27.7 Å². The highest BCUT2D eigenvalue weighted by atomic mass is 16.6. The van der Waals surface area contributed by atoms with Crippen LogP contribution in [0.4, 0.5) is 0 Å². The molecule has 0 aromatic heterocycles. The van der Waals surface area contributed by atoms with E-state index in [4.69, 9.17) is 4.74 Å². The fraction of sp³-hybridized carbons (Fsp3) is 0.750. The standard InChI is InChI=1S/C32H46O8/c1-17(33)40-27(2,3)13-12-23(36)32(9,39)25-21(35)15-29(6)22-11-10-18-19(14-20(34)26(38)28(18,4)5)31(22,8)24(37)16-30(25,29)7/h10,12-13,19,21-22,25-26,35,38-39H,11,14-16H2,1-9H3/b13-12+/t19-,21-,22+,25+,26-,29+,30-,31+,32+/m0/s1. The number of Topliss-reactive ketones (excluding diaryl/α,β-unsaturated/α-hetero) is 2. The van der Waals surface area contributed by atoms with Crippen molar-refractivity contribution in [3.8, 4) is 0 Å². The van der Waals surface area contributed by atoms with Gasteiger partial charge >= 0.3 is 5.97 Å². The number of carbonyl (C=O) groups excluding carboxylic acids is 4. The van der Waals surface area contributed by atoms with Crippen LogP contribution in [0.1, 0.15) is 88.0 Å². The van der Waals surface area contributed by atoms with E-state index in [1.165, 1.54) is 26.0 Å². The molecular weight excluding hydrogens is 512 g/mol. The molecule has 3 N–H and O–H groups in total. The Balaban J connectivity index is 1.75. The van der Waals surface area contributed by atoms with Gasteiger partial charge in [0.25, 0.3) is 0 Å². The zero-order valence-corrected chi connectivity index (χ0v) is 25.3. The van der Waals surface area contributed by atoms with Crippen LogP contribution < -0.4 is 0 Å². The van der Waals surface area contributed by atoms with Crippen LogP contribution >= 0.6 is 0 Å². The first-order valence-electron chi connectivity index (χ1n) is 14.4. The molecule has 4 aliphatic rings. The van der Waals surface area contributed by atoms with E-state index in [2.05, 4.69) is 13.0 Å². The second-order valence-electron chi connectivity index (χ2n) is 14.8. The molecule has 0 unspecified atom stereocenters. The number of fused-ring (bicyclic) bond motifs is 5.